The van der Waals surface area contributed by atoms with E-state index < -0.39 is 0 Å². The molecule has 1 radical (unpaired) electrons. The summed E-state index contributed by atoms with van der Waals surface area (Å²) in [5.41, 5.74) is 3.02. The van der Waals surface area contributed by atoms with E-state index >= 15 is 0 Å². The van der Waals surface area contributed by atoms with E-state index in [1.807, 2.05) is 0 Å². The molecule has 2 aromatic rings. The molecule has 0 heterocycles. The Labute approximate surface area is 99.1 Å². The van der Waals surface area contributed by atoms with Crippen molar-refractivity contribution in [1.82, 2.24) is 0 Å². The van der Waals surface area contributed by atoms with Crippen molar-refractivity contribution < 1.29 is 0 Å². The molecule has 2 aromatic carbocycles. The Morgan fingerprint density at radius 3 is 1.40 bits per heavy atom. The van der Waals surface area contributed by atoms with Gasteiger partial charge in [-0.25, -0.2) is 0 Å². The number of hydrogen-bond donors (Lipinski definition) is 0. The van der Waals surface area contributed by atoms with Gasteiger partial charge in [-0.3, -0.25) is 0 Å². The van der Waals surface area contributed by atoms with E-state index in [1.54, 1.807) is 0 Å². The van der Waals surface area contributed by atoms with Gasteiger partial charge in [0, 0.05) is 0 Å². The molecule has 0 aromatic heterocycles. The van der Waals surface area contributed by atoms with Gasteiger partial charge >= 0.3 is 99.1 Å². The first-order chi connectivity index (χ1) is 7.45. The summed E-state index contributed by atoms with van der Waals surface area (Å²) in [7, 11) is 0. The van der Waals surface area contributed by atoms with Crippen molar-refractivity contribution in [3.63, 3.8) is 0 Å². The van der Waals surface area contributed by atoms with Gasteiger partial charge < -0.3 is 0 Å². The van der Waals surface area contributed by atoms with Crippen LogP contribution in [0.5, 0.6) is 0 Å². The molecule has 2 rings (SSSR count). The van der Waals surface area contributed by atoms with Gasteiger partial charge in [-0.05, 0) is 0 Å². The molecule has 1 heteroatoms. The topological polar surface area (TPSA) is 0 Å². The standard InChI is InChI=1S/2C7H7.Ga/c2*1-7-5-3-2-4-6-7;/h2*2-6H,1H2;. The van der Waals surface area contributed by atoms with E-state index in [0.29, 0.717) is 0 Å². The molecule has 0 bridgehead atoms. The van der Waals surface area contributed by atoms with E-state index in [9.17, 15) is 0 Å². The molecule has 15 heavy (non-hydrogen) atoms. The zero-order valence-corrected chi connectivity index (χ0v) is 11.2. The van der Waals surface area contributed by atoms with Crippen molar-refractivity contribution in [2.24, 2.45) is 0 Å². The molecule has 0 aliphatic carbocycles. The molecule has 0 atom stereocenters. The van der Waals surface area contributed by atoms with Crippen LogP contribution < -0.4 is 0 Å². The van der Waals surface area contributed by atoms with Gasteiger partial charge in [0.05, 0.1) is 0 Å². The summed E-state index contributed by atoms with van der Waals surface area (Å²) in [6, 6.07) is 21.7. The SMILES string of the molecule is c1ccc([CH2][Ga][CH2]c2ccccc2)cc1. The molecule has 0 saturated carbocycles. The fourth-order valence-electron chi connectivity index (χ4n) is 1.63. The van der Waals surface area contributed by atoms with Crippen LogP contribution in [0.1, 0.15) is 11.1 Å². The first-order valence-electron chi connectivity index (χ1n) is 5.34. The summed E-state index contributed by atoms with van der Waals surface area (Å²) in [6.45, 7) is 0. The van der Waals surface area contributed by atoms with E-state index in [0.717, 1.165) is 0 Å². The quantitative estimate of drug-likeness (QED) is 0.733. The molecule has 0 nitrogen and oxygen atoms in total. The van der Waals surface area contributed by atoms with E-state index in [4.69, 9.17) is 0 Å². The first kappa shape index (κ1) is 10.6. The Morgan fingerprint density at radius 1 is 0.600 bits per heavy atom. The minimum atomic E-state index is -0.137. The fraction of sp³-hybridized carbons (Fsp3) is 0.143. The molecule has 73 valence electrons. The Hall–Kier alpha value is -0.924. The summed E-state index contributed by atoms with van der Waals surface area (Å²) in [5.74, 6) is 0. The van der Waals surface area contributed by atoms with Crippen LogP contribution in [0.25, 0.3) is 0 Å². The molecule has 0 fully saturated rings. The molecule has 0 amide bonds. The Balaban J connectivity index is 1.81. The Kier molecular flexibility index (Phi) is 4.12. The maximum absolute atomic E-state index is 2.24. The summed E-state index contributed by atoms with van der Waals surface area (Å²) >= 11 is -0.137. The third-order valence-corrected chi connectivity index (χ3v) is 5.64. The zero-order valence-electron chi connectivity index (χ0n) is 8.77. The molecular formula is C14H14Ga. The average molecular weight is 252 g/mol. The monoisotopic (exact) mass is 251 g/mol. The van der Waals surface area contributed by atoms with Gasteiger partial charge in [-0.2, -0.15) is 0 Å². The van der Waals surface area contributed by atoms with Crippen LogP contribution in [0, 0.1) is 0 Å². The molecule has 0 aliphatic heterocycles. The second kappa shape index (κ2) is 5.84. The van der Waals surface area contributed by atoms with Gasteiger partial charge in [-0.15, -0.1) is 0 Å². The number of benzene rings is 2. The van der Waals surface area contributed by atoms with Crippen molar-refractivity contribution >= 4 is 17.4 Å². The van der Waals surface area contributed by atoms with Crippen LogP contribution in [0.2, 0.25) is 0 Å². The summed E-state index contributed by atoms with van der Waals surface area (Å²) in [5, 5.41) is 0. The third kappa shape index (κ3) is 3.61. The summed E-state index contributed by atoms with van der Waals surface area (Å²) in [6.07, 6.45) is 0. The van der Waals surface area contributed by atoms with Crippen LogP contribution in [-0.2, 0) is 9.95 Å². The van der Waals surface area contributed by atoms with Crippen molar-refractivity contribution in [2.75, 3.05) is 0 Å². The minimum absolute atomic E-state index is 0.137. The molecule has 0 saturated heterocycles. The zero-order chi connectivity index (χ0) is 10.3. The van der Waals surface area contributed by atoms with E-state index in [-0.39, 0.29) is 17.4 Å². The molecule has 0 spiro atoms. The van der Waals surface area contributed by atoms with Crippen LogP contribution in [0.4, 0.5) is 0 Å². The summed E-state index contributed by atoms with van der Waals surface area (Å²) in [4.78, 5) is 2.67. The summed E-state index contributed by atoms with van der Waals surface area (Å²) < 4.78 is 0. The fourth-order valence-corrected chi connectivity index (χ4v) is 4.48. The van der Waals surface area contributed by atoms with Gasteiger partial charge in [0.1, 0.15) is 0 Å². The van der Waals surface area contributed by atoms with Gasteiger partial charge in [0.25, 0.3) is 0 Å². The van der Waals surface area contributed by atoms with Gasteiger partial charge in [0.15, 0.2) is 0 Å². The molecule has 0 aliphatic rings. The second-order valence-corrected chi connectivity index (χ2v) is 6.59. The van der Waals surface area contributed by atoms with E-state index in [1.165, 1.54) is 21.1 Å². The molecule has 0 N–H and O–H groups in total. The predicted octanol–water partition coefficient (Wildman–Crippen LogP) is 3.09. The average Bonchev–Trinajstić information content (AvgIpc) is 2.32. The van der Waals surface area contributed by atoms with Crippen LogP contribution >= 0.6 is 0 Å². The van der Waals surface area contributed by atoms with Gasteiger partial charge in [-0.1, -0.05) is 0 Å². The normalized spacial score (nSPS) is 9.87. The second-order valence-electron chi connectivity index (χ2n) is 3.67. The number of hydrogen-bond acceptors (Lipinski definition) is 0. The predicted molar refractivity (Wildman–Crippen MR) is 66.0 cm³/mol. The third-order valence-electron chi connectivity index (χ3n) is 2.45. The van der Waals surface area contributed by atoms with Crippen LogP contribution in [-0.4, -0.2) is 17.4 Å². The van der Waals surface area contributed by atoms with Crippen molar-refractivity contribution in [1.29, 1.82) is 0 Å². The van der Waals surface area contributed by atoms with Crippen molar-refractivity contribution in [3.05, 3.63) is 71.8 Å². The maximum atomic E-state index is 2.24. The Morgan fingerprint density at radius 2 is 1.00 bits per heavy atom. The number of rotatable bonds is 4. The molecule has 0 unspecified atom stereocenters. The Bertz CT molecular complexity index is 341. The first-order valence-corrected chi connectivity index (χ1v) is 8.77. The van der Waals surface area contributed by atoms with Crippen LogP contribution in [0.3, 0.4) is 0 Å². The van der Waals surface area contributed by atoms with Gasteiger partial charge in [0.2, 0.25) is 0 Å². The van der Waals surface area contributed by atoms with E-state index in [2.05, 4.69) is 60.7 Å². The van der Waals surface area contributed by atoms with Crippen molar-refractivity contribution in [3.8, 4) is 0 Å². The molecular weight excluding hydrogens is 238 g/mol. The van der Waals surface area contributed by atoms with Crippen molar-refractivity contribution in [2.45, 2.75) is 9.95 Å². The van der Waals surface area contributed by atoms with Crippen LogP contribution in [0.15, 0.2) is 60.7 Å².